The van der Waals surface area contributed by atoms with Crippen molar-refractivity contribution in [2.75, 3.05) is 0 Å². The van der Waals surface area contributed by atoms with Gasteiger partial charge in [0.1, 0.15) is 0 Å². The van der Waals surface area contributed by atoms with E-state index in [0.717, 1.165) is 12.0 Å². The van der Waals surface area contributed by atoms with E-state index in [1.165, 1.54) is 40.0 Å². The minimum absolute atomic E-state index is 0. The van der Waals surface area contributed by atoms with Crippen molar-refractivity contribution in [3.63, 3.8) is 0 Å². The molecule has 121 valence electrons. The normalized spacial score (nSPS) is 18.4. The van der Waals surface area contributed by atoms with Gasteiger partial charge in [-0.3, -0.25) is 0 Å². The molecule has 6 heteroatoms. The van der Waals surface area contributed by atoms with Gasteiger partial charge in [0, 0.05) is 0 Å². The molecule has 0 atom stereocenters. The van der Waals surface area contributed by atoms with Crippen LogP contribution in [-0.2, 0) is 17.1 Å². The first kappa shape index (κ1) is 20.1. The van der Waals surface area contributed by atoms with Crippen LogP contribution in [0.3, 0.4) is 0 Å². The van der Waals surface area contributed by atoms with Crippen LogP contribution in [0.4, 0.5) is 4.39 Å². The van der Waals surface area contributed by atoms with Crippen LogP contribution in [0.1, 0.15) is 38.5 Å². The fourth-order valence-electron chi connectivity index (χ4n) is 3.35. The van der Waals surface area contributed by atoms with Crippen molar-refractivity contribution < 1.29 is 21.5 Å². The standard InChI is InChI=1S/C6H13Si.C5H4F.C5H4N.2ClH.Ti/c7-6-4-2-1-3-5-6;6-5-3-1-2-4-5;1-2-4-6-5-3-1;;;/h6H,1-5,7H2;1,3H,2H2;1-4H;2*1H;. The van der Waals surface area contributed by atoms with Gasteiger partial charge in [-0.15, -0.1) is 24.8 Å². The number of aromatic nitrogens is 1. The van der Waals surface area contributed by atoms with Crippen LogP contribution in [0.5, 0.6) is 0 Å². The fourth-order valence-corrected chi connectivity index (χ4v) is 16.7. The first-order chi connectivity index (χ1) is 9.84. The number of pyridine rings is 1. The van der Waals surface area contributed by atoms with E-state index in [4.69, 9.17) is 0 Å². The van der Waals surface area contributed by atoms with E-state index in [1.54, 1.807) is 6.08 Å². The number of allylic oxidation sites excluding steroid dienone is 4. The van der Waals surface area contributed by atoms with Crippen molar-refractivity contribution in [2.24, 2.45) is 0 Å². The van der Waals surface area contributed by atoms with Gasteiger partial charge in [-0.05, 0) is 0 Å². The Kier molecular flexibility index (Phi) is 9.18. The van der Waals surface area contributed by atoms with Crippen LogP contribution in [0.2, 0.25) is 5.54 Å². The van der Waals surface area contributed by atoms with Crippen molar-refractivity contribution in [2.45, 2.75) is 44.1 Å². The summed E-state index contributed by atoms with van der Waals surface area (Å²) in [5.41, 5.74) is 0.946. The quantitative estimate of drug-likeness (QED) is 0.699. The molecule has 0 radical (unpaired) electrons. The SMILES string of the molecule is Cl.Cl.FC1=[C]([Ti]([SiH2]C2CCCCC2)[c]2ccccn2)CC=C1. The summed E-state index contributed by atoms with van der Waals surface area (Å²) in [7, 11) is -0.214. The Morgan fingerprint density at radius 1 is 1.14 bits per heavy atom. The molecule has 0 saturated heterocycles. The summed E-state index contributed by atoms with van der Waals surface area (Å²) in [6.45, 7) is 0. The summed E-state index contributed by atoms with van der Waals surface area (Å²) in [5.74, 6) is 0.0777. The Balaban J connectivity index is 0.00000121. The first-order valence-corrected chi connectivity index (χ1v) is 14.1. The Bertz CT molecular complexity index is 518. The average molecular weight is 395 g/mol. The molecule has 2 aliphatic rings. The van der Waals surface area contributed by atoms with Gasteiger partial charge in [0.05, 0.1) is 0 Å². The maximum absolute atomic E-state index is 14.1. The van der Waals surface area contributed by atoms with E-state index < -0.39 is 17.1 Å². The fraction of sp³-hybridized carbons (Fsp3) is 0.438. The van der Waals surface area contributed by atoms with Crippen LogP contribution in [0, 0.1) is 0 Å². The number of rotatable bonds is 4. The molecule has 1 nitrogen and oxygen atoms in total. The van der Waals surface area contributed by atoms with Crippen LogP contribution in [0.15, 0.2) is 46.3 Å². The van der Waals surface area contributed by atoms with Crippen molar-refractivity contribution in [3.05, 3.63) is 46.3 Å². The Labute approximate surface area is 152 Å². The van der Waals surface area contributed by atoms with Gasteiger partial charge in [0.25, 0.3) is 0 Å². The van der Waals surface area contributed by atoms with E-state index >= 15 is 0 Å². The molecule has 0 N–H and O–H groups in total. The van der Waals surface area contributed by atoms with Gasteiger partial charge in [-0.1, -0.05) is 0 Å². The second-order valence-corrected chi connectivity index (χ2v) is 15.5. The molecule has 0 aromatic carbocycles. The molecule has 0 amide bonds. The van der Waals surface area contributed by atoms with Crippen LogP contribution >= 0.6 is 24.8 Å². The van der Waals surface area contributed by atoms with Crippen molar-refractivity contribution in [1.82, 2.24) is 4.98 Å². The molecule has 22 heavy (non-hydrogen) atoms. The molecule has 1 aromatic heterocycles. The van der Waals surface area contributed by atoms with E-state index in [1.807, 2.05) is 18.3 Å². The van der Waals surface area contributed by atoms with E-state index in [0.29, 0.717) is 0 Å². The third-order valence-electron chi connectivity index (χ3n) is 4.43. The molecule has 1 fully saturated rings. The second-order valence-electron chi connectivity index (χ2n) is 5.83. The van der Waals surface area contributed by atoms with Crippen molar-refractivity contribution in [3.8, 4) is 0 Å². The number of nitrogens with zero attached hydrogens (tertiary/aromatic N) is 1. The molecule has 3 rings (SSSR count). The van der Waals surface area contributed by atoms with Gasteiger partial charge in [-0.25, -0.2) is 0 Å². The summed E-state index contributed by atoms with van der Waals surface area (Å²) < 4.78 is 16.5. The van der Waals surface area contributed by atoms with E-state index in [9.17, 15) is 4.39 Å². The third kappa shape index (κ3) is 5.04. The summed E-state index contributed by atoms with van der Waals surface area (Å²) in [5, 5.41) is 0. The zero-order valence-corrected chi connectivity index (χ0v) is 17.2. The van der Waals surface area contributed by atoms with Crippen LogP contribution in [0.25, 0.3) is 0 Å². The predicted octanol–water partition coefficient (Wildman–Crippen LogP) is 4.15. The average Bonchev–Trinajstić information content (AvgIpc) is 2.93. The molecular weight excluding hydrogens is 372 g/mol. The predicted molar refractivity (Wildman–Crippen MR) is 95.6 cm³/mol. The van der Waals surface area contributed by atoms with Gasteiger partial charge < -0.3 is 0 Å². The Hall–Kier alpha value is 0.0712. The Morgan fingerprint density at radius 3 is 2.50 bits per heavy atom. The van der Waals surface area contributed by atoms with Crippen molar-refractivity contribution >= 4 is 36.2 Å². The molecule has 0 aliphatic heterocycles. The van der Waals surface area contributed by atoms with Gasteiger partial charge >= 0.3 is 128 Å². The van der Waals surface area contributed by atoms with E-state index in [-0.39, 0.29) is 38.0 Å². The van der Waals surface area contributed by atoms with Crippen LogP contribution in [-0.4, -0.2) is 12.4 Å². The Morgan fingerprint density at radius 2 is 1.91 bits per heavy atom. The molecule has 0 unspecified atom stereocenters. The van der Waals surface area contributed by atoms with E-state index in [2.05, 4.69) is 17.1 Å². The first-order valence-electron chi connectivity index (χ1n) is 7.67. The summed E-state index contributed by atoms with van der Waals surface area (Å²) >= 11 is -1.63. The zero-order valence-electron chi connectivity index (χ0n) is 12.6. The number of hydrogen-bond acceptors (Lipinski definition) is 1. The summed E-state index contributed by atoms with van der Waals surface area (Å²) in [4.78, 5) is 4.60. The molecular formula is C16H23Cl2FNSiTi. The van der Waals surface area contributed by atoms with Crippen LogP contribution < -0.4 is 4.00 Å². The molecule has 1 saturated carbocycles. The third-order valence-corrected chi connectivity index (χ3v) is 17.4. The maximum atomic E-state index is 14.1. The zero-order chi connectivity index (χ0) is 13.8. The summed E-state index contributed by atoms with van der Waals surface area (Å²) in [6.07, 6.45) is 13.4. The molecule has 2 aliphatic carbocycles. The minimum atomic E-state index is -1.63. The molecule has 1 heterocycles. The van der Waals surface area contributed by atoms with Gasteiger partial charge in [0.2, 0.25) is 0 Å². The topological polar surface area (TPSA) is 12.9 Å². The monoisotopic (exact) mass is 394 g/mol. The van der Waals surface area contributed by atoms with Gasteiger partial charge in [-0.2, -0.15) is 0 Å². The second kappa shape index (κ2) is 10.0. The number of halogens is 3. The van der Waals surface area contributed by atoms with Crippen molar-refractivity contribution in [1.29, 1.82) is 0 Å². The molecule has 1 aromatic rings. The van der Waals surface area contributed by atoms with Gasteiger partial charge in [0.15, 0.2) is 0 Å². The summed E-state index contributed by atoms with van der Waals surface area (Å²) in [6, 6.07) is 6.20. The molecule has 0 bridgehead atoms. The molecule has 0 spiro atoms. The number of hydrogen-bond donors (Lipinski definition) is 0.